The van der Waals surface area contributed by atoms with Crippen molar-refractivity contribution < 1.29 is 0 Å². The highest BCUT2D eigenvalue weighted by Gasteiger charge is 2.03. The average Bonchev–Trinajstić information content (AvgIpc) is 2.65. The Morgan fingerprint density at radius 3 is 2.56 bits per heavy atom. The molecule has 0 saturated heterocycles. The van der Waals surface area contributed by atoms with Crippen LogP contribution in [0.15, 0.2) is 30.6 Å². The summed E-state index contributed by atoms with van der Waals surface area (Å²) < 4.78 is 1.86. The molecule has 0 amide bonds. The molecule has 0 aliphatic heterocycles. The summed E-state index contributed by atoms with van der Waals surface area (Å²) in [7, 11) is 1.90. The average molecular weight is 233 g/mol. The van der Waals surface area contributed by atoms with Crippen LogP contribution in [-0.4, -0.2) is 19.9 Å². The van der Waals surface area contributed by atoms with Gasteiger partial charge in [0.15, 0.2) is 10.9 Å². The molecule has 5 nitrogen and oxygen atoms in total. The Morgan fingerprint density at radius 1 is 1.38 bits per heavy atom. The maximum absolute atomic E-state index is 5.38. The van der Waals surface area contributed by atoms with Crippen molar-refractivity contribution in [2.45, 2.75) is 0 Å². The number of hydrogen-bond acceptors (Lipinski definition) is 3. The molecule has 82 valence electrons. The molecule has 0 saturated carbocycles. The summed E-state index contributed by atoms with van der Waals surface area (Å²) in [6, 6.07) is 7.65. The fourth-order valence-electron chi connectivity index (χ4n) is 1.39. The van der Waals surface area contributed by atoms with Crippen molar-refractivity contribution in [3.05, 3.63) is 30.6 Å². The molecule has 16 heavy (non-hydrogen) atoms. The maximum Gasteiger partial charge on any atom is 0.168 e. The van der Waals surface area contributed by atoms with Crippen molar-refractivity contribution in [3.8, 4) is 11.4 Å². The summed E-state index contributed by atoms with van der Waals surface area (Å²) in [6.07, 6.45) is 1.66. The van der Waals surface area contributed by atoms with Crippen molar-refractivity contribution in [2.24, 2.45) is 12.8 Å². The van der Waals surface area contributed by atoms with E-state index >= 15 is 0 Å². The van der Waals surface area contributed by atoms with Crippen LogP contribution in [0.25, 0.3) is 11.4 Å². The van der Waals surface area contributed by atoms with E-state index in [4.69, 9.17) is 18.0 Å². The number of hydrogen-bond donors (Lipinski definition) is 2. The fourth-order valence-corrected chi connectivity index (χ4v) is 1.51. The van der Waals surface area contributed by atoms with Gasteiger partial charge in [-0.1, -0.05) is 0 Å². The molecule has 0 bridgehead atoms. The Balaban J connectivity index is 2.26. The van der Waals surface area contributed by atoms with Gasteiger partial charge < -0.3 is 15.6 Å². The lowest BCUT2D eigenvalue weighted by Crippen LogP contribution is -2.18. The number of aromatic nitrogens is 3. The van der Waals surface area contributed by atoms with Crippen LogP contribution < -0.4 is 11.1 Å². The lowest BCUT2D eigenvalue weighted by Gasteiger charge is -2.05. The molecule has 0 radical (unpaired) electrons. The van der Waals surface area contributed by atoms with Gasteiger partial charge in [-0.2, -0.15) is 0 Å². The van der Waals surface area contributed by atoms with Crippen LogP contribution in [0.3, 0.4) is 0 Å². The predicted molar refractivity (Wildman–Crippen MR) is 66.8 cm³/mol. The lowest BCUT2D eigenvalue weighted by atomic mass is 10.2. The first-order chi connectivity index (χ1) is 7.66. The summed E-state index contributed by atoms with van der Waals surface area (Å²) in [6.45, 7) is 0. The first-order valence-electron chi connectivity index (χ1n) is 4.67. The quantitative estimate of drug-likeness (QED) is 0.761. The van der Waals surface area contributed by atoms with Crippen LogP contribution in [0.1, 0.15) is 0 Å². The smallest absolute Gasteiger partial charge is 0.168 e. The second-order valence-corrected chi connectivity index (χ2v) is 3.77. The summed E-state index contributed by atoms with van der Waals surface area (Å²) in [4.78, 5) is 0. The highest BCUT2D eigenvalue weighted by atomic mass is 32.1. The van der Waals surface area contributed by atoms with E-state index in [0.29, 0.717) is 0 Å². The molecule has 3 N–H and O–H groups in total. The van der Waals surface area contributed by atoms with Crippen LogP contribution in [0, 0.1) is 0 Å². The fraction of sp³-hybridized carbons (Fsp3) is 0.100. The minimum absolute atomic E-state index is 0.256. The predicted octanol–water partition coefficient (Wildman–Crippen LogP) is 1.14. The molecular weight excluding hydrogens is 222 g/mol. The van der Waals surface area contributed by atoms with Crippen molar-refractivity contribution in [1.29, 1.82) is 0 Å². The summed E-state index contributed by atoms with van der Waals surface area (Å²) in [5.74, 6) is 0.821. The zero-order chi connectivity index (χ0) is 11.5. The first kappa shape index (κ1) is 10.6. The van der Waals surface area contributed by atoms with Gasteiger partial charge in [-0.05, 0) is 36.5 Å². The Kier molecular flexibility index (Phi) is 2.82. The topological polar surface area (TPSA) is 68.8 Å². The first-order valence-corrected chi connectivity index (χ1v) is 5.08. The van der Waals surface area contributed by atoms with Gasteiger partial charge >= 0.3 is 0 Å². The van der Waals surface area contributed by atoms with E-state index in [2.05, 4.69) is 15.5 Å². The number of rotatable bonds is 2. The second kappa shape index (κ2) is 4.28. The van der Waals surface area contributed by atoms with Gasteiger partial charge in [0, 0.05) is 18.3 Å². The molecule has 2 aromatic rings. The van der Waals surface area contributed by atoms with Crippen LogP contribution in [0.4, 0.5) is 5.69 Å². The number of thiocarbonyl (C=S) groups is 1. The molecule has 0 aliphatic rings. The van der Waals surface area contributed by atoms with Crippen LogP contribution in [-0.2, 0) is 7.05 Å². The third-order valence-corrected chi connectivity index (χ3v) is 2.22. The molecule has 1 heterocycles. The molecule has 6 heteroatoms. The van der Waals surface area contributed by atoms with Gasteiger partial charge in [0.25, 0.3) is 0 Å². The molecule has 2 rings (SSSR count). The van der Waals surface area contributed by atoms with Gasteiger partial charge in [-0.15, -0.1) is 10.2 Å². The van der Waals surface area contributed by atoms with Crippen LogP contribution in [0.2, 0.25) is 0 Å². The van der Waals surface area contributed by atoms with E-state index in [1.54, 1.807) is 6.33 Å². The van der Waals surface area contributed by atoms with Gasteiger partial charge in [0.05, 0.1) is 0 Å². The summed E-state index contributed by atoms with van der Waals surface area (Å²) >= 11 is 4.75. The molecular formula is C10H11N5S. The summed E-state index contributed by atoms with van der Waals surface area (Å²) in [5.41, 5.74) is 7.23. The van der Waals surface area contributed by atoms with Crippen molar-refractivity contribution in [1.82, 2.24) is 14.8 Å². The standard InChI is InChI=1S/C10H11N5S/c1-15-6-12-14-9(15)7-2-4-8(5-3-7)13-10(11)16/h2-6H,1H3,(H3,11,13,16). The van der Waals surface area contributed by atoms with Crippen LogP contribution >= 0.6 is 12.2 Å². The number of nitrogens with two attached hydrogens (primary N) is 1. The molecule has 0 aliphatic carbocycles. The molecule has 1 aromatic heterocycles. The maximum atomic E-state index is 5.38. The van der Waals surface area contributed by atoms with Crippen molar-refractivity contribution >= 4 is 23.0 Å². The largest absolute Gasteiger partial charge is 0.376 e. The van der Waals surface area contributed by atoms with E-state index in [1.807, 2.05) is 35.9 Å². The zero-order valence-corrected chi connectivity index (χ0v) is 9.53. The van der Waals surface area contributed by atoms with Crippen molar-refractivity contribution in [2.75, 3.05) is 5.32 Å². The normalized spacial score (nSPS) is 10.1. The van der Waals surface area contributed by atoms with Gasteiger partial charge in [0.1, 0.15) is 6.33 Å². The van der Waals surface area contributed by atoms with Gasteiger partial charge in [-0.3, -0.25) is 0 Å². The molecule has 0 fully saturated rings. The Bertz CT molecular complexity index is 502. The highest BCUT2D eigenvalue weighted by molar-refractivity contribution is 7.80. The Labute approximate surface area is 98.3 Å². The minimum Gasteiger partial charge on any atom is -0.376 e. The summed E-state index contributed by atoms with van der Waals surface area (Å²) in [5, 5.41) is 11.0. The number of nitrogens with zero attached hydrogens (tertiary/aromatic N) is 3. The lowest BCUT2D eigenvalue weighted by molar-refractivity contribution is 0.920. The number of anilines is 1. The highest BCUT2D eigenvalue weighted by Crippen LogP contribution is 2.18. The van der Waals surface area contributed by atoms with E-state index in [-0.39, 0.29) is 5.11 Å². The number of nitrogens with one attached hydrogen (secondary N) is 1. The minimum atomic E-state index is 0.256. The molecule has 0 atom stereocenters. The Hall–Kier alpha value is -1.95. The van der Waals surface area contributed by atoms with Crippen LogP contribution in [0.5, 0.6) is 0 Å². The second-order valence-electron chi connectivity index (χ2n) is 3.33. The van der Waals surface area contributed by atoms with Gasteiger partial charge in [-0.25, -0.2) is 0 Å². The zero-order valence-electron chi connectivity index (χ0n) is 8.71. The number of aryl methyl sites for hydroxylation is 1. The van der Waals surface area contributed by atoms with Crippen molar-refractivity contribution in [3.63, 3.8) is 0 Å². The Morgan fingerprint density at radius 2 is 2.06 bits per heavy atom. The number of benzene rings is 1. The third-order valence-electron chi connectivity index (χ3n) is 2.12. The van der Waals surface area contributed by atoms with E-state index in [0.717, 1.165) is 17.1 Å². The molecule has 0 spiro atoms. The SMILES string of the molecule is Cn1cnnc1-c1ccc(NC(N)=S)cc1. The molecule has 0 unspecified atom stereocenters. The molecule has 1 aromatic carbocycles. The van der Waals surface area contributed by atoms with E-state index in [1.165, 1.54) is 0 Å². The van der Waals surface area contributed by atoms with E-state index < -0.39 is 0 Å². The van der Waals surface area contributed by atoms with Gasteiger partial charge in [0.2, 0.25) is 0 Å². The van der Waals surface area contributed by atoms with E-state index in [9.17, 15) is 0 Å². The third kappa shape index (κ3) is 2.17. The monoisotopic (exact) mass is 233 g/mol.